The van der Waals surface area contributed by atoms with Gasteiger partial charge in [0.05, 0.1) is 10.6 Å². The van der Waals surface area contributed by atoms with Gasteiger partial charge < -0.3 is 11.1 Å². The Hall–Kier alpha value is -4.55. The Labute approximate surface area is 208 Å². The van der Waals surface area contributed by atoms with Gasteiger partial charge in [-0.15, -0.1) is 21.6 Å². The van der Waals surface area contributed by atoms with Crippen LogP contribution in [0.15, 0.2) is 77.3 Å². The predicted octanol–water partition coefficient (Wildman–Crippen LogP) is 4.85. The number of halogens is 2. The van der Waals surface area contributed by atoms with Crippen LogP contribution in [0, 0.1) is 11.6 Å². The molecule has 36 heavy (non-hydrogen) atoms. The summed E-state index contributed by atoms with van der Waals surface area (Å²) in [5, 5.41) is 15.2. The number of hydrazine groups is 2. The van der Waals surface area contributed by atoms with Crippen LogP contribution >= 0.6 is 11.3 Å². The molecule has 2 aromatic carbocycles. The minimum atomic E-state index is -1.02. The van der Waals surface area contributed by atoms with Crippen LogP contribution in [-0.2, 0) is 0 Å². The molecule has 5 rings (SSSR count). The third-order valence-electron chi connectivity index (χ3n) is 5.33. The number of hydrogen-bond acceptors (Lipinski definition) is 8. The quantitative estimate of drug-likeness (QED) is 0.308. The molecule has 0 radical (unpaired) electrons. The molecule has 0 saturated carbocycles. The number of hydrogen-bond donors (Lipinski definition) is 4. The number of nitrogens with two attached hydrogens (primary N) is 1. The van der Waals surface area contributed by atoms with E-state index in [-0.39, 0.29) is 23.4 Å². The fourth-order valence-electron chi connectivity index (χ4n) is 3.67. The molecule has 0 saturated heterocycles. The summed E-state index contributed by atoms with van der Waals surface area (Å²) in [6.45, 7) is 0. The highest BCUT2D eigenvalue weighted by molar-refractivity contribution is 7.14. The third kappa shape index (κ3) is 4.54. The van der Waals surface area contributed by atoms with Crippen LogP contribution in [-0.4, -0.2) is 29.0 Å². The number of nitrogens with one attached hydrogen (secondary N) is 3. The number of anilines is 4. The lowest BCUT2D eigenvalue weighted by atomic mass is 10.0. The number of nitrogens with zero attached hydrogens (tertiary/aromatic N) is 4. The minimum absolute atomic E-state index is 0.0472. The first-order valence-corrected chi connectivity index (χ1v) is 11.6. The largest absolute Gasteiger partial charge is 0.383 e. The molecule has 182 valence electrons. The number of thiophene rings is 1. The van der Waals surface area contributed by atoms with Gasteiger partial charge in [0.1, 0.15) is 11.5 Å². The van der Waals surface area contributed by atoms with E-state index < -0.39 is 11.6 Å². The number of amides is 2. The average Bonchev–Trinajstić information content (AvgIpc) is 3.51. The van der Waals surface area contributed by atoms with Gasteiger partial charge in [-0.05, 0) is 53.4 Å². The number of benzene rings is 2. The molecule has 0 bridgehead atoms. The average molecular weight is 507 g/mol. The molecule has 1 aliphatic heterocycles. The van der Waals surface area contributed by atoms with E-state index in [1.54, 1.807) is 43.6 Å². The van der Waals surface area contributed by atoms with Crippen LogP contribution in [0.4, 0.5) is 35.8 Å². The predicted molar refractivity (Wildman–Crippen MR) is 137 cm³/mol. The Morgan fingerprint density at radius 2 is 1.89 bits per heavy atom. The zero-order valence-corrected chi connectivity index (χ0v) is 19.7. The molecule has 0 aliphatic carbocycles. The van der Waals surface area contributed by atoms with Crippen molar-refractivity contribution >= 4 is 45.4 Å². The standard InChI is InChI=1S/C24H20F2N8OS/c1-33-32-31-23(34(33)19-8-3-7-18(25)21(19)26)17-12-15(13-28-22(17)27)14-5-2-6-16(11-14)29-24(35)30-20-9-4-10-36-20/h2-13,32H,1H3,(H2,27,28)(H2,29,30,35). The Kier molecular flexibility index (Phi) is 6.19. The molecule has 0 fully saturated rings. The van der Waals surface area contributed by atoms with Crippen LogP contribution in [0.3, 0.4) is 0 Å². The highest BCUT2D eigenvalue weighted by atomic mass is 32.1. The van der Waals surface area contributed by atoms with Gasteiger partial charge in [0, 0.05) is 24.5 Å². The molecule has 12 heteroatoms. The SMILES string of the molecule is CN1NN=C(c2cc(-c3cccc(NC(=O)Nc4cccs4)c3)cnc2N)N1c1cccc(F)c1F. The van der Waals surface area contributed by atoms with E-state index in [0.29, 0.717) is 16.8 Å². The molecule has 2 amide bonds. The van der Waals surface area contributed by atoms with Gasteiger partial charge in [0.15, 0.2) is 17.5 Å². The summed E-state index contributed by atoms with van der Waals surface area (Å²) in [7, 11) is 1.60. The number of carbonyl (C=O) groups excluding carboxylic acids is 1. The van der Waals surface area contributed by atoms with Crippen molar-refractivity contribution in [1.82, 2.24) is 15.6 Å². The molecule has 2 aromatic heterocycles. The van der Waals surface area contributed by atoms with Gasteiger partial charge >= 0.3 is 6.03 Å². The topological polar surface area (TPSA) is 111 Å². The first-order valence-electron chi connectivity index (χ1n) is 10.7. The molecule has 5 N–H and O–H groups in total. The van der Waals surface area contributed by atoms with Crippen LogP contribution in [0.1, 0.15) is 5.56 Å². The van der Waals surface area contributed by atoms with Crippen molar-refractivity contribution in [3.05, 3.63) is 89.4 Å². The first kappa shape index (κ1) is 23.2. The van der Waals surface area contributed by atoms with Crippen molar-refractivity contribution in [2.24, 2.45) is 5.10 Å². The van der Waals surface area contributed by atoms with Crippen LogP contribution in [0.2, 0.25) is 0 Å². The number of rotatable bonds is 5. The maximum atomic E-state index is 14.6. The number of carbonyl (C=O) groups is 1. The summed E-state index contributed by atoms with van der Waals surface area (Å²) in [5.74, 6) is -1.62. The third-order valence-corrected chi connectivity index (χ3v) is 6.12. The molecule has 1 aliphatic rings. The highest BCUT2D eigenvalue weighted by Crippen LogP contribution is 2.30. The lowest BCUT2D eigenvalue weighted by molar-refractivity contribution is 0.262. The smallest absolute Gasteiger partial charge is 0.324 e. The fraction of sp³-hybridized carbons (Fsp3) is 0.0417. The summed E-state index contributed by atoms with van der Waals surface area (Å²) in [6.07, 6.45) is 1.59. The summed E-state index contributed by atoms with van der Waals surface area (Å²) in [4.78, 5) is 16.6. The Balaban J connectivity index is 1.44. The Morgan fingerprint density at radius 1 is 1.06 bits per heavy atom. The minimum Gasteiger partial charge on any atom is -0.383 e. The maximum Gasteiger partial charge on any atom is 0.324 e. The molecule has 0 atom stereocenters. The van der Waals surface area contributed by atoms with Crippen LogP contribution in [0.5, 0.6) is 0 Å². The number of aromatic nitrogens is 1. The van der Waals surface area contributed by atoms with E-state index >= 15 is 0 Å². The summed E-state index contributed by atoms with van der Waals surface area (Å²) in [6, 6.07) is 16.1. The van der Waals surface area contributed by atoms with E-state index in [2.05, 4.69) is 26.3 Å². The molecule has 9 nitrogen and oxygen atoms in total. The van der Waals surface area contributed by atoms with E-state index in [9.17, 15) is 13.6 Å². The zero-order chi connectivity index (χ0) is 25.2. The van der Waals surface area contributed by atoms with Crippen molar-refractivity contribution in [3.63, 3.8) is 0 Å². The van der Waals surface area contributed by atoms with E-state index in [0.717, 1.165) is 16.6 Å². The second-order valence-corrected chi connectivity index (χ2v) is 8.69. The molecule has 3 heterocycles. The second kappa shape index (κ2) is 9.60. The zero-order valence-electron chi connectivity index (χ0n) is 18.9. The fourth-order valence-corrected chi connectivity index (χ4v) is 4.29. The van der Waals surface area contributed by atoms with Gasteiger partial charge in [-0.25, -0.2) is 29.1 Å². The van der Waals surface area contributed by atoms with E-state index in [1.165, 1.54) is 33.6 Å². The molecule has 0 unspecified atom stereocenters. The molecule has 4 aromatic rings. The van der Waals surface area contributed by atoms with Crippen molar-refractivity contribution in [3.8, 4) is 11.1 Å². The van der Waals surface area contributed by atoms with Crippen molar-refractivity contribution < 1.29 is 13.6 Å². The van der Waals surface area contributed by atoms with Crippen LogP contribution < -0.4 is 26.9 Å². The van der Waals surface area contributed by atoms with E-state index in [4.69, 9.17) is 5.73 Å². The van der Waals surface area contributed by atoms with Gasteiger partial charge in [-0.1, -0.05) is 18.2 Å². The summed E-state index contributed by atoms with van der Waals surface area (Å²) in [5.41, 5.74) is 11.2. The second-order valence-electron chi connectivity index (χ2n) is 7.74. The summed E-state index contributed by atoms with van der Waals surface area (Å²) < 4.78 is 28.6. The molecular formula is C24H20F2N8OS. The van der Waals surface area contributed by atoms with Crippen molar-refractivity contribution in [1.29, 1.82) is 0 Å². The van der Waals surface area contributed by atoms with Gasteiger partial charge in [0.2, 0.25) is 0 Å². The monoisotopic (exact) mass is 506 g/mol. The number of urea groups is 1. The summed E-state index contributed by atoms with van der Waals surface area (Å²) >= 11 is 1.42. The van der Waals surface area contributed by atoms with Gasteiger partial charge in [-0.3, -0.25) is 5.32 Å². The van der Waals surface area contributed by atoms with Gasteiger partial charge in [-0.2, -0.15) is 0 Å². The molecule has 0 spiro atoms. The van der Waals surface area contributed by atoms with Crippen molar-refractivity contribution in [2.45, 2.75) is 0 Å². The first-order chi connectivity index (χ1) is 17.4. The number of nitrogen functional groups attached to an aromatic ring is 1. The lowest BCUT2D eigenvalue weighted by Gasteiger charge is -2.26. The number of amidine groups is 1. The highest BCUT2D eigenvalue weighted by Gasteiger charge is 2.30. The lowest BCUT2D eigenvalue weighted by Crippen LogP contribution is -2.44. The Morgan fingerprint density at radius 3 is 2.69 bits per heavy atom. The number of pyridine rings is 1. The van der Waals surface area contributed by atoms with Gasteiger partial charge in [0.25, 0.3) is 0 Å². The van der Waals surface area contributed by atoms with E-state index in [1.807, 2.05) is 17.5 Å². The normalized spacial score (nSPS) is 13.3. The van der Waals surface area contributed by atoms with Crippen LogP contribution in [0.25, 0.3) is 11.1 Å². The Bertz CT molecular complexity index is 1460. The molecular weight excluding hydrogens is 486 g/mol. The number of hydrazone groups is 1. The maximum absolute atomic E-state index is 14.6. The van der Waals surface area contributed by atoms with Crippen molar-refractivity contribution in [2.75, 3.05) is 28.4 Å².